The highest BCUT2D eigenvalue weighted by molar-refractivity contribution is 6.35. The Morgan fingerprint density at radius 1 is 0.946 bits per heavy atom. The quantitative estimate of drug-likeness (QED) is 0.301. The van der Waals surface area contributed by atoms with Gasteiger partial charge >= 0.3 is 5.97 Å². The highest BCUT2D eigenvalue weighted by Crippen LogP contribution is 2.43. The lowest BCUT2D eigenvalue weighted by Crippen LogP contribution is -2.37. The molecule has 1 atom stereocenters. The van der Waals surface area contributed by atoms with E-state index < -0.39 is 5.97 Å². The summed E-state index contributed by atoms with van der Waals surface area (Å²) in [5, 5.41) is 9.94. The van der Waals surface area contributed by atoms with Crippen molar-refractivity contribution in [1.82, 2.24) is 4.90 Å². The van der Waals surface area contributed by atoms with Crippen LogP contribution in [0.25, 0.3) is 0 Å². The minimum absolute atomic E-state index is 0.0704. The number of nitrogens with zero attached hydrogens (tertiary/aromatic N) is 1. The maximum absolute atomic E-state index is 10.6. The molecule has 1 unspecified atom stereocenters. The molecule has 1 N–H and O–H groups in total. The maximum atomic E-state index is 10.6. The molecular weight excluding hydrogens is 517 g/mol. The van der Waals surface area contributed by atoms with E-state index in [1.807, 2.05) is 18.2 Å². The Kier molecular flexibility index (Phi) is 9.03. The molecule has 0 spiro atoms. The zero-order valence-electron chi connectivity index (χ0n) is 20.7. The van der Waals surface area contributed by atoms with E-state index in [0.29, 0.717) is 39.7 Å². The third-order valence-corrected chi connectivity index (χ3v) is 6.84. The van der Waals surface area contributed by atoms with E-state index in [-0.39, 0.29) is 12.6 Å². The Balaban J connectivity index is 1.48. The van der Waals surface area contributed by atoms with Crippen LogP contribution in [0.15, 0.2) is 54.6 Å². The molecule has 3 aromatic carbocycles. The first-order valence-corrected chi connectivity index (χ1v) is 12.7. The zero-order valence-corrected chi connectivity index (χ0v) is 22.2. The second-order valence-corrected chi connectivity index (χ2v) is 9.46. The summed E-state index contributed by atoms with van der Waals surface area (Å²) in [7, 11) is 3.28. The number of halogens is 2. The van der Waals surface area contributed by atoms with E-state index in [2.05, 4.69) is 11.0 Å². The number of ether oxygens (including phenoxy) is 4. The molecule has 4 rings (SSSR count). The normalized spacial score (nSPS) is 15.1. The van der Waals surface area contributed by atoms with Crippen molar-refractivity contribution >= 4 is 29.2 Å². The van der Waals surface area contributed by atoms with Crippen molar-refractivity contribution in [3.63, 3.8) is 0 Å². The molecule has 7 nitrogen and oxygen atoms in total. The lowest BCUT2D eigenvalue weighted by Gasteiger charge is -2.38. The fourth-order valence-corrected chi connectivity index (χ4v) is 5.07. The number of hydrogen-bond acceptors (Lipinski definition) is 6. The number of rotatable bonds is 11. The summed E-state index contributed by atoms with van der Waals surface area (Å²) >= 11 is 12.9. The van der Waals surface area contributed by atoms with Crippen LogP contribution in [0.4, 0.5) is 0 Å². The van der Waals surface area contributed by atoms with Crippen LogP contribution in [0, 0.1) is 0 Å². The predicted octanol–water partition coefficient (Wildman–Crippen LogP) is 5.89. The molecule has 1 aliphatic heterocycles. The van der Waals surface area contributed by atoms with E-state index in [0.717, 1.165) is 37.1 Å². The number of carbonyl (C=O) groups is 1. The van der Waals surface area contributed by atoms with Gasteiger partial charge in [0, 0.05) is 23.1 Å². The highest BCUT2D eigenvalue weighted by atomic mass is 35.5. The third-order valence-electron chi connectivity index (χ3n) is 6.28. The molecule has 9 heteroatoms. The fourth-order valence-electron chi connectivity index (χ4n) is 4.56. The summed E-state index contributed by atoms with van der Waals surface area (Å²) in [6.45, 7) is 1.78. The van der Waals surface area contributed by atoms with Gasteiger partial charge in [0.25, 0.3) is 0 Å². The van der Waals surface area contributed by atoms with Gasteiger partial charge in [-0.1, -0.05) is 29.3 Å². The zero-order chi connectivity index (χ0) is 26.4. The first-order chi connectivity index (χ1) is 17.9. The molecule has 0 saturated heterocycles. The summed E-state index contributed by atoms with van der Waals surface area (Å²) in [5.74, 6) is 1.55. The number of carboxylic acid groups (broad SMARTS) is 1. The van der Waals surface area contributed by atoms with Crippen LogP contribution >= 0.6 is 23.2 Å². The van der Waals surface area contributed by atoms with Gasteiger partial charge < -0.3 is 24.1 Å². The Hall–Kier alpha value is -3.13. The lowest BCUT2D eigenvalue weighted by molar-refractivity contribution is -0.139. The summed E-state index contributed by atoms with van der Waals surface area (Å²) < 4.78 is 22.2. The molecule has 3 aromatic rings. The van der Waals surface area contributed by atoms with E-state index in [1.165, 1.54) is 5.56 Å². The van der Waals surface area contributed by atoms with Gasteiger partial charge in [-0.05, 0) is 78.1 Å². The molecule has 0 radical (unpaired) electrons. The fraction of sp³-hybridized carbons (Fsp3) is 0.321. The molecule has 0 bridgehead atoms. The van der Waals surface area contributed by atoms with Gasteiger partial charge in [0.15, 0.2) is 18.1 Å². The number of methoxy groups -OCH3 is 2. The third kappa shape index (κ3) is 6.60. The number of hydrogen-bond donors (Lipinski definition) is 1. The first kappa shape index (κ1) is 26.9. The monoisotopic (exact) mass is 545 g/mol. The van der Waals surface area contributed by atoms with Crippen LogP contribution in [-0.4, -0.2) is 56.5 Å². The van der Waals surface area contributed by atoms with Gasteiger partial charge in [0.2, 0.25) is 0 Å². The summed E-state index contributed by atoms with van der Waals surface area (Å²) in [6.07, 6.45) is 1.66. The molecule has 1 aliphatic rings. The van der Waals surface area contributed by atoms with Gasteiger partial charge in [-0.3, -0.25) is 4.90 Å². The molecule has 0 aromatic heterocycles. The van der Waals surface area contributed by atoms with Crippen molar-refractivity contribution in [2.45, 2.75) is 18.9 Å². The summed E-state index contributed by atoms with van der Waals surface area (Å²) in [6, 6.07) is 16.6. The average molecular weight is 546 g/mol. The van der Waals surface area contributed by atoms with Gasteiger partial charge in [-0.15, -0.1) is 0 Å². The summed E-state index contributed by atoms with van der Waals surface area (Å²) in [5.41, 5.74) is 3.31. The maximum Gasteiger partial charge on any atom is 0.341 e. The van der Waals surface area contributed by atoms with Crippen molar-refractivity contribution in [2.75, 3.05) is 40.5 Å². The first-order valence-electron chi connectivity index (χ1n) is 11.9. The van der Waals surface area contributed by atoms with Gasteiger partial charge in [0.05, 0.1) is 26.9 Å². The van der Waals surface area contributed by atoms with Crippen molar-refractivity contribution in [1.29, 1.82) is 0 Å². The Labute approximate surface area is 226 Å². The molecule has 0 amide bonds. The van der Waals surface area contributed by atoms with Crippen molar-refractivity contribution in [2.24, 2.45) is 0 Å². The highest BCUT2D eigenvalue weighted by Gasteiger charge is 2.31. The topological polar surface area (TPSA) is 77.5 Å². The van der Waals surface area contributed by atoms with Crippen LogP contribution in [0.5, 0.6) is 23.0 Å². The SMILES string of the molecule is COc1cc2c(cc1OC)C(c1ccc(Cl)cc1Cl)N(CCCOc1ccc(OCC(=O)O)cc1)CC2. The molecule has 0 fully saturated rings. The number of benzene rings is 3. The smallest absolute Gasteiger partial charge is 0.341 e. The Bertz CT molecular complexity index is 1230. The van der Waals surface area contributed by atoms with Crippen LogP contribution < -0.4 is 18.9 Å². The number of fused-ring (bicyclic) bond motifs is 1. The van der Waals surface area contributed by atoms with Crippen LogP contribution in [0.3, 0.4) is 0 Å². The lowest BCUT2D eigenvalue weighted by atomic mass is 9.87. The van der Waals surface area contributed by atoms with Gasteiger partial charge in [0.1, 0.15) is 11.5 Å². The van der Waals surface area contributed by atoms with E-state index >= 15 is 0 Å². The largest absolute Gasteiger partial charge is 0.494 e. The Morgan fingerprint density at radius 2 is 1.62 bits per heavy atom. The van der Waals surface area contributed by atoms with E-state index in [9.17, 15) is 4.79 Å². The van der Waals surface area contributed by atoms with Gasteiger partial charge in [-0.2, -0.15) is 0 Å². The number of aliphatic carboxylic acids is 1. The second kappa shape index (κ2) is 12.4. The number of carboxylic acids is 1. The minimum Gasteiger partial charge on any atom is -0.494 e. The standard InChI is InChI=1S/C28H29Cl2NO6/c1-34-25-14-18-10-12-31(11-3-13-36-20-5-7-21(8-6-20)37-17-27(32)33)28(23(18)16-26(25)35-2)22-9-4-19(29)15-24(22)30/h4-9,14-16,28H,3,10-13,17H2,1-2H3,(H,32,33). The minimum atomic E-state index is -1.02. The summed E-state index contributed by atoms with van der Waals surface area (Å²) in [4.78, 5) is 13.0. The molecule has 37 heavy (non-hydrogen) atoms. The van der Waals surface area contributed by atoms with Crippen molar-refractivity contribution in [3.8, 4) is 23.0 Å². The molecule has 0 saturated carbocycles. The second-order valence-electron chi connectivity index (χ2n) is 8.62. The molecular formula is C28H29Cl2NO6. The Morgan fingerprint density at radius 3 is 2.27 bits per heavy atom. The van der Waals surface area contributed by atoms with Gasteiger partial charge in [-0.25, -0.2) is 4.79 Å². The van der Waals surface area contributed by atoms with Crippen LogP contribution in [0.1, 0.15) is 29.2 Å². The van der Waals surface area contributed by atoms with Crippen LogP contribution in [-0.2, 0) is 11.2 Å². The van der Waals surface area contributed by atoms with E-state index in [4.69, 9.17) is 47.3 Å². The molecule has 0 aliphatic carbocycles. The predicted molar refractivity (Wildman–Crippen MR) is 143 cm³/mol. The molecule has 1 heterocycles. The van der Waals surface area contributed by atoms with Crippen LogP contribution in [0.2, 0.25) is 10.0 Å². The van der Waals surface area contributed by atoms with E-state index in [1.54, 1.807) is 44.6 Å². The molecule has 196 valence electrons. The van der Waals surface area contributed by atoms with Crippen molar-refractivity contribution < 1.29 is 28.8 Å². The van der Waals surface area contributed by atoms with Crippen molar-refractivity contribution in [3.05, 3.63) is 81.3 Å². The average Bonchev–Trinajstić information content (AvgIpc) is 2.90.